The normalized spacial score (nSPS) is 11.8. The van der Waals surface area contributed by atoms with Crippen LogP contribution in [0.4, 0.5) is 5.82 Å². The summed E-state index contributed by atoms with van der Waals surface area (Å²) in [4.78, 5) is 30.6. The molecule has 0 bridgehead atoms. The first-order chi connectivity index (χ1) is 15.1. The van der Waals surface area contributed by atoms with Crippen LogP contribution >= 0.6 is 0 Å². The highest BCUT2D eigenvalue weighted by atomic mass is 16.2. The molecule has 3 rings (SSSR count). The molecule has 0 fully saturated rings. The number of nitrogens with zero attached hydrogens (tertiary/aromatic N) is 2. The van der Waals surface area contributed by atoms with Crippen molar-refractivity contribution in [2.45, 2.75) is 33.2 Å². The first kappa shape index (κ1) is 22.7. The second-order valence-corrected chi connectivity index (χ2v) is 8.48. The number of carbonyl (C=O) groups is 1. The number of fused-ring (bicyclic) bond motifs is 1. The molecule has 0 aliphatic carbocycles. The summed E-state index contributed by atoms with van der Waals surface area (Å²) in [6.45, 7) is 15.1. The summed E-state index contributed by atoms with van der Waals surface area (Å²) in [6.07, 6.45) is 5.02. The fourth-order valence-electron chi connectivity index (χ4n) is 3.38. The third-order valence-corrected chi connectivity index (χ3v) is 4.69. The van der Waals surface area contributed by atoms with Crippen LogP contribution in [-0.2, 0) is 0 Å². The van der Waals surface area contributed by atoms with Crippen molar-refractivity contribution in [3.8, 4) is 5.69 Å². The molecule has 1 amide bonds. The average molecular weight is 433 g/mol. The molecule has 6 nitrogen and oxygen atoms in total. The second kappa shape index (κ2) is 9.06. The molecular formula is C26H32N4O2. The average Bonchev–Trinajstić information content (AvgIpc) is 2.72. The van der Waals surface area contributed by atoms with Crippen molar-refractivity contribution in [2.75, 3.05) is 5.32 Å². The minimum absolute atomic E-state index is 0. The van der Waals surface area contributed by atoms with Crippen LogP contribution in [0.25, 0.3) is 16.7 Å². The maximum absolute atomic E-state index is 13.1. The van der Waals surface area contributed by atoms with Crippen molar-refractivity contribution in [1.82, 2.24) is 14.9 Å². The SMILES string of the molecule is C=C/C=C(\C=C)Nc1cc(=O)c2c(C)cc(C(=O)NC(C)(C)C)nc2n1-c1ccccc1.[HH].[HH]. The summed E-state index contributed by atoms with van der Waals surface area (Å²) in [7, 11) is 0. The van der Waals surface area contributed by atoms with Crippen LogP contribution in [0.1, 0.15) is 39.7 Å². The number of rotatable bonds is 6. The standard InChI is InChI=1S/C26H28N4O2.2H2/c1-7-12-18(8-2)27-22-16-21(31)23-17(3)15-20(25(32)29-26(4,5)6)28-24(23)30(22)19-13-10-9-11-14-19;;/h7-16,27H,1-2H2,3-6H3,(H,29,32);2*1H/b18-12+;;. The maximum Gasteiger partial charge on any atom is 0.270 e. The van der Waals surface area contributed by atoms with Crippen LogP contribution in [0.5, 0.6) is 0 Å². The smallest absolute Gasteiger partial charge is 0.270 e. The van der Waals surface area contributed by atoms with Gasteiger partial charge >= 0.3 is 0 Å². The lowest BCUT2D eigenvalue weighted by atomic mass is 10.1. The molecule has 2 N–H and O–H groups in total. The van der Waals surface area contributed by atoms with Crippen LogP contribution in [0.2, 0.25) is 0 Å². The summed E-state index contributed by atoms with van der Waals surface area (Å²) in [5, 5.41) is 6.62. The molecule has 0 unspecified atom stereocenters. The number of hydrogen-bond donors (Lipinski definition) is 2. The lowest BCUT2D eigenvalue weighted by Crippen LogP contribution is -2.41. The van der Waals surface area contributed by atoms with Gasteiger partial charge in [0.2, 0.25) is 0 Å². The Hall–Kier alpha value is -3.93. The molecule has 0 aliphatic rings. The number of anilines is 1. The minimum Gasteiger partial charge on any atom is -0.346 e. The molecule has 3 aromatic rings. The largest absolute Gasteiger partial charge is 0.346 e. The first-order valence-corrected chi connectivity index (χ1v) is 10.3. The van der Waals surface area contributed by atoms with E-state index >= 15 is 0 Å². The van der Waals surface area contributed by atoms with Crippen LogP contribution in [0, 0.1) is 6.92 Å². The first-order valence-electron chi connectivity index (χ1n) is 10.3. The third kappa shape index (κ3) is 4.86. The maximum atomic E-state index is 13.1. The summed E-state index contributed by atoms with van der Waals surface area (Å²) in [6, 6.07) is 12.7. The summed E-state index contributed by atoms with van der Waals surface area (Å²) in [5.41, 5.74) is 2.18. The molecule has 6 heteroatoms. The number of pyridine rings is 2. The van der Waals surface area contributed by atoms with Crippen molar-refractivity contribution < 1.29 is 7.65 Å². The summed E-state index contributed by atoms with van der Waals surface area (Å²) in [5.74, 6) is 0.202. The molecule has 0 aliphatic heterocycles. The Bertz CT molecular complexity index is 1290. The number of para-hydroxylation sites is 1. The van der Waals surface area contributed by atoms with Crippen molar-refractivity contribution in [3.63, 3.8) is 0 Å². The number of allylic oxidation sites excluding steroid dienone is 3. The fraction of sp³-hybridized carbons (Fsp3) is 0.192. The zero-order chi connectivity index (χ0) is 23.5. The quantitative estimate of drug-likeness (QED) is 0.513. The van der Waals surface area contributed by atoms with Crippen molar-refractivity contribution >= 4 is 22.8 Å². The van der Waals surface area contributed by atoms with Crippen LogP contribution in [0.15, 0.2) is 84.3 Å². The molecule has 1 aromatic carbocycles. The third-order valence-electron chi connectivity index (χ3n) is 4.69. The van der Waals surface area contributed by atoms with E-state index in [1.165, 1.54) is 6.07 Å². The number of aryl methyl sites for hydroxylation is 1. The van der Waals surface area contributed by atoms with E-state index in [-0.39, 0.29) is 19.9 Å². The van der Waals surface area contributed by atoms with E-state index in [9.17, 15) is 9.59 Å². The van der Waals surface area contributed by atoms with E-state index in [1.807, 2.05) is 62.6 Å². The Kier molecular flexibility index (Phi) is 6.44. The van der Waals surface area contributed by atoms with Gasteiger partial charge in [0.1, 0.15) is 11.5 Å². The predicted octanol–water partition coefficient (Wildman–Crippen LogP) is 5.38. The van der Waals surface area contributed by atoms with Crippen molar-refractivity contribution in [2.24, 2.45) is 0 Å². The molecule has 0 radical (unpaired) electrons. The van der Waals surface area contributed by atoms with Gasteiger partial charge in [-0.2, -0.15) is 0 Å². The molecule has 0 atom stereocenters. The predicted molar refractivity (Wildman–Crippen MR) is 136 cm³/mol. The van der Waals surface area contributed by atoms with Gasteiger partial charge in [0, 0.05) is 25.8 Å². The molecular weight excluding hydrogens is 400 g/mol. The van der Waals surface area contributed by atoms with Gasteiger partial charge in [-0.15, -0.1) is 0 Å². The van der Waals surface area contributed by atoms with E-state index in [2.05, 4.69) is 28.8 Å². The zero-order valence-corrected chi connectivity index (χ0v) is 18.9. The Balaban J connectivity index is 0.00000289. The van der Waals surface area contributed by atoms with Crippen molar-refractivity contribution in [1.29, 1.82) is 0 Å². The van der Waals surface area contributed by atoms with Gasteiger partial charge in [-0.05, 0) is 63.6 Å². The topological polar surface area (TPSA) is 76.0 Å². The zero-order valence-electron chi connectivity index (χ0n) is 18.9. The summed E-state index contributed by atoms with van der Waals surface area (Å²) < 4.78 is 1.83. The lowest BCUT2D eigenvalue weighted by molar-refractivity contribution is 0.0914. The van der Waals surface area contributed by atoms with Gasteiger partial charge in [-0.1, -0.05) is 37.4 Å². The number of nitrogens with one attached hydrogen (secondary N) is 2. The Morgan fingerprint density at radius 2 is 1.84 bits per heavy atom. The van der Waals surface area contributed by atoms with E-state index in [0.29, 0.717) is 28.1 Å². The molecule has 0 saturated heterocycles. The highest BCUT2D eigenvalue weighted by Crippen LogP contribution is 2.25. The van der Waals surface area contributed by atoms with E-state index in [0.717, 1.165) is 5.69 Å². The minimum atomic E-state index is -0.418. The Morgan fingerprint density at radius 1 is 1.16 bits per heavy atom. The van der Waals surface area contributed by atoms with E-state index in [1.54, 1.807) is 24.3 Å². The number of hydrogen-bond acceptors (Lipinski definition) is 4. The van der Waals surface area contributed by atoms with Gasteiger partial charge in [-0.3, -0.25) is 14.2 Å². The van der Waals surface area contributed by atoms with Crippen LogP contribution in [0.3, 0.4) is 0 Å². The fourth-order valence-corrected chi connectivity index (χ4v) is 3.38. The van der Waals surface area contributed by atoms with Crippen LogP contribution in [-0.4, -0.2) is 21.0 Å². The van der Waals surface area contributed by atoms with Gasteiger partial charge in [0.05, 0.1) is 5.39 Å². The molecule has 32 heavy (non-hydrogen) atoms. The monoisotopic (exact) mass is 432 g/mol. The van der Waals surface area contributed by atoms with Crippen LogP contribution < -0.4 is 16.1 Å². The van der Waals surface area contributed by atoms with Crippen molar-refractivity contribution in [3.05, 3.63) is 101 Å². The van der Waals surface area contributed by atoms with E-state index < -0.39 is 5.54 Å². The molecule has 2 heterocycles. The molecule has 2 aromatic heterocycles. The van der Waals surface area contributed by atoms with Gasteiger partial charge in [0.25, 0.3) is 5.91 Å². The second-order valence-electron chi connectivity index (χ2n) is 8.48. The number of aromatic nitrogens is 2. The summed E-state index contributed by atoms with van der Waals surface area (Å²) >= 11 is 0. The Morgan fingerprint density at radius 3 is 2.44 bits per heavy atom. The van der Waals surface area contributed by atoms with Gasteiger partial charge in [-0.25, -0.2) is 4.98 Å². The van der Waals surface area contributed by atoms with Gasteiger partial charge in [0.15, 0.2) is 11.1 Å². The van der Waals surface area contributed by atoms with E-state index in [4.69, 9.17) is 0 Å². The number of amides is 1. The molecule has 0 saturated carbocycles. The van der Waals surface area contributed by atoms with Gasteiger partial charge < -0.3 is 10.6 Å². The highest BCUT2D eigenvalue weighted by molar-refractivity contribution is 5.96. The lowest BCUT2D eigenvalue weighted by Gasteiger charge is -2.22. The highest BCUT2D eigenvalue weighted by Gasteiger charge is 2.20. The molecule has 0 spiro atoms. The number of carbonyl (C=O) groups excluding carboxylic acids is 1. The Labute approximate surface area is 191 Å². The number of benzene rings is 1. The molecule has 168 valence electrons.